The molecule has 3 aromatic rings. The fourth-order valence-corrected chi connectivity index (χ4v) is 4.30. The summed E-state index contributed by atoms with van der Waals surface area (Å²) in [4.78, 5) is 39.5. The predicted molar refractivity (Wildman–Crippen MR) is 136 cm³/mol. The Kier molecular flexibility index (Phi) is 8.42. The summed E-state index contributed by atoms with van der Waals surface area (Å²) in [5.41, 5.74) is 2.04. The average Bonchev–Trinajstić information content (AvgIpc) is 3.24. The van der Waals surface area contributed by atoms with Crippen LogP contribution in [0.25, 0.3) is 5.69 Å². The molecule has 0 aliphatic carbocycles. The number of carbonyl (C=O) groups excluding carboxylic acids is 3. The van der Waals surface area contributed by atoms with Gasteiger partial charge < -0.3 is 28.4 Å². The van der Waals surface area contributed by atoms with Crippen molar-refractivity contribution in [2.45, 2.75) is 13.8 Å². The Morgan fingerprint density at radius 2 is 1.71 bits per heavy atom. The van der Waals surface area contributed by atoms with Gasteiger partial charge in [0.05, 0.1) is 31.6 Å². The molecule has 0 N–H and O–H groups in total. The van der Waals surface area contributed by atoms with Gasteiger partial charge in [0, 0.05) is 30.0 Å². The van der Waals surface area contributed by atoms with E-state index >= 15 is 0 Å². The quantitative estimate of drug-likeness (QED) is 0.312. The van der Waals surface area contributed by atoms with E-state index in [9.17, 15) is 18.8 Å². The first-order valence-electron chi connectivity index (χ1n) is 12.1. The Morgan fingerprint density at radius 1 is 0.974 bits per heavy atom. The zero-order valence-corrected chi connectivity index (χ0v) is 21.5. The van der Waals surface area contributed by atoms with E-state index in [1.807, 2.05) is 0 Å². The number of ketones is 1. The van der Waals surface area contributed by atoms with Crippen molar-refractivity contribution in [1.82, 2.24) is 9.47 Å². The van der Waals surface area contributed by atoms with Crippen LogP contribution in [0.4, 0.5) is 4.39 Å². The minimum Gasteiger partial charge on any atom is -0.493 e. The number of halogens is 1. The lowest BCUT2D eigenvalue weighted by Gasteiger charge is -2.26. The maximum atomic E-state index is 14.3. The van der Waals surface area contributed by atoms with Crippen LogP contribution in [0.1, 0.15) is 32.1 Å². The Labute approximate surface area is 219 Å². The van der Waals surface area contributed by atoms with E-state index < -0.39 is 24.2 Å². The lowest BCUT2D eigenvalue weighted by atomic mass is 10.1. The number of methoxy groups -OCH3 is 1. The van der Waals surface area contributed by atoms with Crippen molar-refractivity contribution in [2.24, 2.45) is 0 Å². The highest BCUT2D eigenvalue weighted by atomic mass is 19.1. The lowest BCUT2D eigenvalue weighted by molar-refractivity contribution is -0.137. The SMILES string of the molecule is COc1cc(C(=O)OCC(=O)c2cc(C)n(-c3ccccc3F)c2C)ccc1OCC(=O)N1CCOCC1. The maximum absolute atomic E-state index is 14.3. The summed E-state index contributed by atoms with van der Waals surface area (Å²) in [6, 6.07) is 12.3. The molecule has 0 radical (unpaired) electrons. The molecule has 2 heterocycles. The molecule has 4 rings (SSSR count). The van der Waals surface area contributed by atoms with Crippen LogP contribution in [-0.2, 0) is 14.3 Å². The standard InChI is InChI=1S/C28H29FN2O7/c1-18-14-21(19(2)31(18)23-7-5-4-6-22(23)29)24(32)16-38-28(34)20-8-9-25(26(15-20)35-3)37-17-27(33)30-10-12-36-13-11-30/h4-9,14-15H,10-13,16-17H2,1-3H3. The van der Waals surface area contributed by atoms with Crippen LogP contribution in [0.5, 0.6) is 11.5 Å². The number of hydrogen-bond donors (Lipinski definition) is 0. The first-order chi connectivity index (χ1) is 18.3. The Hall–Kier alpha value is -4.18. The highest BCUT2D eigenvalue weighted by Gasteiger charge is 2.21. The number of Topliss-reactive ketones (excluding diaryl/α,β-unsaturated/α-hetero) is 1. The van der Waals surface area contributed by atoms with E-state index in [1.54, 1.807) is 47.6 Å². The van der Waals surface area contributed by atoms with E-state index in [2.05, 4.69) is 0 Å². The molecule has 2 aromatic carbocycles. The fourth-order valence-electron chi connectivity index (χ4n) is 4.30. The Morgan fingerprint density at radius 3 is 2.42 bits per heavy atom. The van der Waals surface area contributed by atoms with Crippen molar-refractivity contribution in [3.8, 4) is 17.2 Å². The van der Waals surface area contributed by atoms with Crippen molar-refractivity contribution in [1.29, 1.82) is 0 Å². The van der Waals surface area contributed by atoms with Crippen LogP contribution in [0.2, 0.25) is 0 Å². The van der Waals surface area contributed by atoms with Crippen LogP contribution >= 0.6 is 0 Å². The minimum absolute atomic E-state index is 0.151. The van der Waals surface area contributed by atoms with E-state index in [0.29, 0.717) is 54.7 Å². The first kappa shape index (κ1) is 26.9. The van der Waals surface area contributed by atoms with Crippen LogP contribution in [0.15, 0.2) is 48.5 Å². The van der Waals surface area contributed by atoms with Crippen molar-refractivity contribution in [2.75, 3.05) is 46.6 Å². The summed E-state index contributed by atoms with van der Waals surface area (Å²) in [7, 11) is 1.41. The molecule has 10 heteroatoms. The molecule has 1 aromatic heterocycles. The summed E-state index contributed by atoms with van der Waals surface area (Å²) in [5, 5.41) is 0. The van der Waals surface area contributed by atoms with Gasteiger partial charge >= 0.3 is 5.97 Å². The van der Waals surface area contributed by atoms with Gasteiger partial charge in [0.25, 0.3) is 5.91 Å². The van der Waals surface area contributed by atoms with Crippen LogP contribution in [-0.4, -0.2) is 73.8 Å². The van der Waals surface area contributed by atoms with Gasteiger partial charge in [-0.1, -0.05) is 12.1 Å². The number of rotatable bonds is 9. The van der Waals surface area contributed by atoms with E-state index in [1.165, 1.54) is 31.4 Å². The smallest absolute Gasteiger partial charge is 0.338 e. The van der Waals surface area contributed by atoms with Gasteiger partial charge in [-0.05, 0) is 50.2 Å². The van der Waals surface area contributed by atoms with Gasteiger partial charge in [0.15, 0.2) is 24.7 Å². The van der Waals surface area contributed by atoms with Crippen LogP contribution in [0, 0.1) is 19.7 Å². The molecule has 1 saturated heterocycles. The monoisotopic (exact) mass is 524 g/mol. The number of morpholine rings is 1. The molecule has 9 nitrogen and oxygen atoms in total. The minimum atomic E-state index is -0.726. The molecule has 0 unspecified atom stereocenters. The largest absolute Gasteiger partial charge is 0.493 e. The molecule has 38 heavy (non-hydrogen) atoms. The predicted octanol–water partition coefficient (Wildman–Crippen LogP) is 3.52. The zero-order chi connectivity index (χ0) is 27.2. The number of aryl methyl sites for hydroxylation is 1. The number of ether oxygens (including phenoxy) is 4. The third-order valence-corrected chi connectivity index (χ3v) is 6.27. The molecule has 1 aliphatic heterocycles. The second-order valence-corrected chi connectivity index (χ2v) is 8.72. The molecule has 0 saturated carbocycles. The molecule has 200 valence electrons. The average molecular weight is 525 g/mol. The number of amides is 1. The number of nitrogens with zero attached hydrogens (tertiary/aromatic N) is 2. The number of aromatic nitrogens is 1. The van der Waals surface area contributed by atoms with Crippen molar-refractivity contribution < 1.29 is 37.7 Å². The number of hydrogen-bond acceptors (Lipinski definition) is 7. The topological polar surface area (TPSA) is 96.3 Å². The molecule has 1 amide bonds. The second-order valence-electron chi connectivity index (χ2n) is 8.72. The normalized spacial score (nSPS) is 13.2. The fraction of sp³-hybridized carbons (Fsp3) is 0.321. The highest BCUT2D eigenvalue weighted by Crippen LogP contribution is 2.29. The number of para-hydroxylation sites is 1. The Balaban J connectivity index is 1.39. The van der Waals surface area contributed by atoms with Crippen molar-refractivity contribution >= 4 is 17.7 Å². The highest BCUT2D eigenvalue weighted by molar-refractivity contribution is 6.00. The summed E-state index contributed by atoms with van der Waals surface area (Å²) in [6.45, 7) is 4.81. The maximum Gasteiger partial charge on any atom is 0.338 e. The molecule has 1 aliphatic rings. The van der Waals surface area contributed by atoms with Crippen molar-refractivity contribution in [3.63, 3.8) is 0 Å². The van der Waals surface area contributed by atoms with E-state index in [-0.39, 0.29) is 23.8 Å². The van der Waals surface area contributed by atoms with Crippen LogP contribution < -0.4 is 9.47 Å². The zero-order valence-electron chi connectivity index (χ0n) is 21.5. The summed E-state index contributed by atoms with van der Waals surface area (Å²) in [6.07, 6.45) is 0. The van der Waals surface area contributed by atoms with Gasteiger partial charge in [0.2, 0.25) is 5.78 Å². The third-order valence-electron chi connectivity index (χ3n) is 6.27. The third kappa shape index (κ3) is 5.86. The molecule has 0 bridgehead atoms. The molecule has 0 atom stereocenters. The molecular weight excluding hydrogens is 495 g/mol. The van der Waals surface area contributed by atoms with Gasteiger partial charge in [0.1, 0.15) is 5.82 Å². The summed E-state index contributed by atoms with van der Waals surface area (Å²) < 4.78 is 37.4. The summed E-state index contributed by atoms with van der Waals surface area (Å²) in [5.74, 6) is -1.19. The first-order valence-corrected chi connectivity index (χ1v) is 12.1. The van der Waals surface area contributed by atoms with Gasteiger partial charge in [-0.15, -0.1) is 0 Å². The van der Waals surface area contributed by atoms with Crippen molar-refractivity contribution in [3.05, 3.63) is 76.9 Å². The molecule has 1 fully saturated rings. The van der Waals surface area contributed by atoms with E-state index in [0.717, 1.165) is 0 Å². The molecular formula is C28H29FN2O7. The Bertz CT molecular complexity index is 1340. The van der Waals surface area contributed by atoms with E-state index in [4.69, 9.17) is 18.9 Å². The number of benzene rings is 2. The van der Waals surface area contributed by atoms with Crippen LogP contribution in [0.3, 0.4) is 0 Å². The summed E-state index contributed by atoms with van der Waals surface area (Å²) >= 11 is 0. The second kappa shape index (κ2) is 11.9. The van der Waals surface area contributed by atoms with Gasteiger partial charge in [-0.2, -0.15) is 0 Å². The van der Waals surface area contributed by atoms with Gasteiger partial charge in [-0.25, -0.2) is 9.18 Å². The van der Waals surface area contributed by atoms with Gasteiger partial charge in [-0.3, -0.25) is 9.59 Å². The number of carbonyl (C=O) groups is 3. The molecule has 0 spiro atoms. The number of esters is 1. The lowest BCUT2D eigenvalue weighted by Crippen LogP contribution is -2.43.